The van der Waals surface area contributed by atoms with E-state index >= 15 is 4.39 Å². The number of aromatic nitrogens is 3. The number of imidazole rings is 1. The number of pyridine rings is 1. The number of aryl methyl sites for hydroxylation is 1. The van der Waals surface area contributed by atoms with Gasteiger partial charge in [-0.3, -0.25) is 10.2 Å². The second-order valence-electron chi connectivity index (χ2n) is 8.54. The molecule has 0 saturated heterocycles. The number of halogens is 1. The van der Waals surface area contributed by atoms with Gasteiger partial charge in [-0.25, -0.2) is 9.37 Å². The predicted octanol–water partition coefficient (Wildman–Crippen LogP) is 2.50. The summed E-state index contributed by atoms with van der Waals surface area (Å²) < 4.78 is 25.5. The number of ether oxygens (including phenoxy) is 1. The van der Waals surface area contributed by atoms with Gasteiger partial charge in [0, 0.05) is 30.7 Å². The number of nitrogens with two attached hydrogens (primary N) is 2. The number of nitrogen functional groups attached to an aromatic ring is 2. The number of benzene rings is 1. The number of fused-ring (bicyclic) bond motifs is 1. The average molecular weight is 424 g/mol. The predicted molar refractivity (Wildman–Crippen MR) is 116 cm³/mol. The van der Waals surface area contributed by atoms with Crippen LogP contribution in [-0.4, -0.2) is 26.6 Å². The number of rotatable bonds is 5. The molecule has 0 atom stereocenters. The topological polar surface area (TPSA) is 125 Å². The maximum Gasteiger partial charge on any atom is 0.202 e. The van der Waals surface area contributed by atoms with E-state index < -0.39 is 11.2 Å². The molecule has 8 nitrogen and oxygen atoms in total. The van der Waals surface area contributed by atoms with Crippen LogP contribution in [0.4, 0.5) is 10.1 Å². The fourth-order valence-electron chi connectivity index (χ4n) is 5.10. The number of hydrogen-bond acceptors (Lipinski definition) is 5. The van der Waals surface area contributed by atoms with E-state index in [-0.39, 0.29) is 28.0 Å². The van der Waals surface area contributed by atoms with Gasteiger partial charge in [-0.15, -0.1) is 0 Å². The number of anilines is 1. The third-order valence-corrected chi connectivity index (χ3v) is 6.69. The first-order chi connectivity index (χ1) is 14.9. The fourth-order valence-corrected chi connectivity index (χ4v) is 5.10. The Balaban J connectivity index is 1.72. The third-order valence-electron chi connectivity index (χ3n) is 6.69. The van der Waals surface area contributed by atoms with E-state index in [2.05, 4.69) is 4.98 Å². The molecule has 1 saturated carbocycles. The first kappa shape index (κ1) is 19.6. The third kappa shape index (κ3) is 2.90. The molecule has 0 amide bonds. The molecule has 0 radical (unpaired) electrons. The summed E-state index contributed by atoms with van der Waals surface area (Å²) in [6.45, 7) is 1.07. The minimum atomic E-state index is -0.625. The van der Waals surface area contributed by atoms with Gasteiger partial charge < -0.3 is 25.3 Å². The zero-order valence-electron chi connectivity index (χ0n) is 17.2. The molecular weight excluding hydrogens is 399 g/mol. The lowest BCUT2D eigenvalue weighted by molar-refractivity contribution is 0.141. The van der Waals surface area contributed by atoms with Crippen LogP contribution in [0.5, 0.6) is 5.75 Å². The van der Waals surface area contributed by atoms with E-state index in [1.54, 1.807) is 18.7 Å². The van der Waals surface area contributed by atoms with Crippen molar-refractivity contribution in [2.45, 2.75) is 50.6 Å². The van der Waals surface area contributed by atoms with Gasteiger partial charge in [0.25, 0.3) is 0 Å². The van der Waals surface area contributed by atoms with Crippen molar-refractivity contribution in [1.29, 1.82) is 5.41 Å². The van der Waals surface area contributed by atoms with Crippen molar-refractivity contribution in [2.75, 3.05) is 12.3 Å². The molecule has 9 heteroatoms. The molecule has 3 aromatic rings. The van der Waals surface area contributed by atoms with Crippen molar-refractivity contribution >= 4 is 22.4 Å². The molecule has 0 unspecified atom stereocenters. The Bertz CT molecular complexity index is 1240. The number of hydrogen-bond donors (Lipinski definition) is 3. The largest absolute Gasteiger partial charge is 0.489 e. The molecule has 0 bridgehead atoms. The normalized spacial score (nSPS) is 16.7. The first-order valence-electron chi connectivity index (χ1n) is 10.6. The van der Waals surface area contributed by atoms with E-state index in [0.717, 1.165) is 25.7 Å². The van der Waals surface area contributed by atoms with Gasteiger partial charge in [0.05, 0.1) is 34.0 Å². The molecule has 1 aromatic carbocycles. The Kier molecular flexibility index (Phi) is 4.49. The highest BCUT2D eigenvalue weighted by Gasteiger charge is 2.42. The molecule has 5 N–H and O–H groups in total. The molecule has 1 aliphatic heterocycles. The van der Waals surface area contributed by atoms with Crippen molar-refractivity contribution in [2.24, 2.45) is 5.73 Å². The Morgan fingerprint density at radius 2 is 2.13 bits per heavy atom. The van der Waals surface area contributed by atoms with Crippen LogP contribution in [0.3, 0.4) is 0 Å². The van der Waals surface area contributed by atoms with Crippen molar-refractivity contribution in [3.05, 3.63) is 52.1 Å². The zero-order chi connectivity index (χ0) is 21.8. The lowest BCUT2D eigenvalue weighted by atomic mass is 9.92. The van der Waals surface area contributed by atoms with Gasteiger partial charge in [0.15, 0.2) is 5.82 Å². The monoisotopic (exact) mass is 424 g/mol. The van der Waals surface area contributed by atoms with Gasteiger partial charge in [-0.2, -0.15) is 0 Å². The molecule has 1 fully saturated rings. The van der Waals surface area contributed by atoms with Crippen molar-refractivity contribution in [1.82, 2.24) is 14.1 Å². The van der Waals surface area contributed by atoms with Gasteiger partial charge in [-0.05, 0) is 25.7 Å². The lowest BCUT2D eigenvalue weighted by Gasteiger charge is -2.39. The van der Waals surface area contributed by atoms with Gasteiger partial charge in [0.1, 0.15) is 18.2 Å². The Hall–Kier alpha value is -3.36. The van der Waals surface area contributed by atoms with Crippen LogP contribution in [0.25, 0.3) is 10.9 Å². The molecule has 5 rings (SSSR count). The van der Waals surface area contributed by atoms with Gasteiger partial charge in [0.2, 0.25) is 5.43 Å². The Morgan fingerprint density at radius 1 is 1.35 bits per heavy atom. The molecule has 2 aromatic heterocycles. The lowest BCUT2D eigenvalue weighted by Crippen LogP contribution is -2.42. The van der Waals surface area contributed by atoms with Crippen LogP contribution in [0.2, 0.25) is 0 Å². The summed E-state index contributed by atoms with van der Waals surface area (Å²) >= 11 is 0. The van der Waals surface area contributed by atoms with Crippen molar-refractivity contribution in [3.8, 4) is 5.75 Å². The van der Waals surface area contributed by atoms with Crippen LogP contribution < -0.4 is 21.6 Å². The van der Waals surface area contributed by atoms with E-state index in [0.29, 0.717) is 42.8 Å². The summed E-state index contributed by atoms with van der Waals surface area (Å²) in [5, 5.41) is 7.93. The highest BCUT2D eigenvalue weighted by atomic mass is 19.1. The Morgan fingerprint density at radius 3 is 2.81 bits per heavy atom. The van der Waals surface area contributed by atoms with E-state index in [1.165, 1.54) is 0 Å². The minimum Gasteiger partial charge on any atom is -0.489 e. The second-order valence-corrected chi connectivity index (χ2v) is 8.54. The smallest absolute Gasteiger partial charge is 0.202 e. The first-order valence-corrected chi connectivity index (χ1v) is 10.6. The number of amidine groups is 1. The average Bonchev–Trinajstić information content (AvgIpc) is 3.43. The molecule has 31 heavy (non-hydrogen) atoms. The summed E-state index contributed by atoms with van der Waals surface area (Å²) in [6, 6.07) is 0. The second kappa shape index (κ2) is 7.11. The standard InChI is InChI=1S/C22H25FN6O2/c23-16-13(4-3-8-28-9-7-27-12-28)20-18-15(17(16)24)19(30)14(21(25)26)10-29(18)22(11-31-20)5-1-2-6-22/h7,9-10,12H,1-6,8,11,24H2,(H3,25,26). The summed E-state index contributed by atoms with van der Waals surface area (Å²) in [6.07, 6.45) is 11.8. The maximum absolute atomic E-state index is 15.4. The minimum absolute atomic E-state index is 0.0468. The Labute approximate surface area is 178 Å². The van der Waals surface area contributed by atoms with Crippen LogP contribution >= 0.6 is 0 Å². The molecule has 162 valence electrons. The van der Waals surface area contributed by atoms with Gasteiger partial charge >= 0.3 is 0 Å². The molecule has 1 aliphatic carbocycles. The summed E-state index contributed by atoms with van der Waals surface area (Å²) in [4.78, 5) is 17.2. The number of nitrogens with one attached hydrogen (secondary N) is 1. The number of nitrogens with zero attached hydrogens (tertiary/aromatic N) is 3. The van der Waals surface area contributed by atoms with Crippen LogP contribution in [0.15, 0.2) is 29.7 Å². The zero-order valence-corrected chi connectivity index (χ0v) is 17.2. The van der Waals surface area contributed by atoms with Crippen molar-refractivity contribution in [3.63, 3.8) is 0 Å². The molecular formula is C22H25FN6O2. The maximum atomic E-state index is 15.4. The molecule has 2 aliphatic rings. The van der Waals surface area contributed by atoms with Crippen LogP contribution in [0.1, 0.15) is 43.2 Å². The van der Waals surface area contributed by atoms with Crippen molar-refractivity contribution < 1.29 is 9.13 Å². The SMILES string of the molecule is N=C(N)c1cn2c3c(c(CCCn4ccnc4)c(F)c(N)c3c1=O)OCC21CCCC1. The highest BCUT2D eigenvalue weighted by Crippen LogP contribution is 2.47. The van der Waals surface area contributed by atoms with Crippen LogP contribution in [0, 0.1) is 11.2 Å². The highest BCUT2D eigenvalue weighted by molar-refractivity contribution is 6.03. The van der Waals surface area contributed by atoms with Crippen LogP contribution in [-0.2, 0) is 18.5 Å². The summed E-state index contributed by atoms with van der Waals surface area (Å²) in [7, 11) is 0. The van der Waals surface area contributed by atoms with E-state index in [1.807, 2.05) is 15.3 Å². The summed E-state index contributed by atoms with van der Waals surface area (Å²) in [5.74, 6) is -0.585. The quantitative estimate of drug-likeness (QED) is 0.330. The summed E-state index contributed by atoms with van der Waals surface area (Å²) in [5.41, 5.74) is 11.8. The van der Waals surface area contributed by atoms with Gasteiger partial charge in [-0.1, -0.05) is 12.8 Å². The van der Waals surface area contributed by atoms with E-state index in [9.17, 15) is 4.79 Å². The van der Waals surface area contributed by atoms with E-state index in [4.69, 9.17) is 21.6 Å². The fraction of sp³-hybridized carbons (Fsp3) is 0.409. The molecule has 1 spiro atoms. The molecule has 3 heterocycles.